The third-order valence-electron chi connectivity index (χ3n) is 11.4. The Morgan fingerprint density at radius 1 is 0.839 bits per heavy atom. The van der Waals surface area contributed by atoms with Crippen molar-refractivity contribution < 1.29 is 51.7 Å². The standard InChI is InChI=1S/C46H52N4O10S2/c1-45(2)36-29-34(61-60-59-55)20-22-38(36)49-24-14-8-12-18-42(51)47-32-26-31(44(53)54)27-33(28-32)48-43(52)19-13-9-15-25-50-39-23-21-35(62(56,57)58)30-37(39)46(3,4)41(50)17-11-7-5-6-10-16-40(45)49/h5-7,10-11,16-17,20-23,26-30H,8-9,12-15,18-19,24-25H2,1-4H3,(H4-,47,48,51,52,53,54,55,56,57,58)/p-1/i/hD. The van der Waals surface area contributed by atoms with Crippen LogP contribution in [0.3, 0.4) is 0 Å². The predicted octanol–water partition coefficient (Wildman–Crippen LogP) is 7.96. The number of anilines is 3. The molecule has 3 aliphatic heterocycles. The number of hydrogen-bond acceptors (Lipinski definition) is 12. The Labute approximate surface area is 368 Å². The van der Waals surface area contributed by atoms with Gasteiger partial charge in [0.05, 0.1) is 27.9 Å². The van der Waals surface area contributed by atoms with E-state index in [1.807, 2.05) is 68.5 Å². The van der Waals surface area contributed by atoms with Gasteiger partial charge >= 0.3 is 5.97 Å². The smallest absolute Gasteiger partial charge is 0.335 e. The molecule has 0 saturated heterocycles. The van der Waals surface area contributed by atoms with E-state index in [0.29, 0.717) is 43.7 Å². The lowest BCUT2D eigenvalue weighted by Gasteiger charge is -2.27. The maximum absolute atomic E-state index is 13.1. The van der Waals surface area contributed by atoms with E-state index in [-0.39, 0.29) is 46.5 Å². The molecule has 0 atom stereocenters. The molecule has 3 aromatic rings. The second kappa shape index (κ2) is 19.8. The largest absolute Gasteiger partial charge is 0.744 e. The Hall–Kier alpha value is -5.36. The lowest BCUT2D eigenvalue weighted by atomic mass is 9.81. The number of allylic oxidation sites excluding steroid dienone is 8. The highest BCUT2D eigenvalue weighted by molar-refractivity contribution is 7.94. The summed E-state index contributed by atoms with van der Waals surface area (Å²) in [5, 5.41) is 23.9. The van der Waals surface area contributed by atoms with E-state index < -0.39 is 26.9 Å². The van der Waals surface area contributed by atoms with Crippen LogP contribution in [-0.2, 0) is 39.9 Å². The van der Waals surface area contributed by atoms with Gasteiger partial charge < -0.3 is 30.5 Å². The van der Waals surface area contributed by atoms with Crippen molar-refractivity contribution in [1.82, 2.24) is 0 Å². The molecule has 328 valence electrons. The SMILES string of the molecule is [2H]OC(=O)c1cc2cc(c1)NC(=O)CCCCC[N+]1=C(/C=C/C=C/C=C/C=C3N(CCCCCC(=O)N2)c2ccc(S(=O)(=O)[O-])cc2C3(C)C)C(C)(C)c2cc(SOO[O-])ccc21. The molecular formula is C46H51N4O10S2-. The maximum Gasteiger partial charge on any atom is 0.335 e. The van der Waals surface area contributed by atoms with Gasteiger partial charge in [0.15, 0.2) is 5.71 Å². The van der Waals surface area contributed by atoms with E-state index >= 15 is 0 Å². The van der Waals surface area contributed by atoms with Crippen LogP contribution in [0.4, 0.5) is 22.7 Å². The van der Waals surface area contributed by atoms with Crippen molar-refractivity contribution in [2.24, 2.45) is 0 Å². The molecule has 14 nitrogen and oxygen atoms in total. The predicted molar refractivity (Wildman–Crippen MR) is 235 cm³/mol. The highest BCUT2D eigenvalue weighted by atomic mass is 32.2. The number of carboxylic acids is 1. The molecule has 3 aliphatic rings. The maximum atomic E-state index is 13.1. The van der Waals surface area contributed by atoms with Gasteiger partial charge in [-0.05, 0) is 99.7 Å². The van der Waals surface area contributed by atoms with Gasteiger partial charge in [0.1, 0.15) is 16.7 Å². The van der Waals surface area contributed by atoms with Crippen LogP contribution < -0.4 is 20.8 Å². The van der Waals surface area contributed by atoms with Gasteiger partial charge in [-0.1, -0.05) is 50.6 Å². The van der Waals surface area contributed by atoms with Gasteiger partial charge in [-0.2, -0.15) is 8.91 Å². The van der Waals surface area contributed by atoms with Crippen molar-refractivity contribution in [2.75, 3.05) is 28.6 Å². The first-order chi connectivity index (χ1) is 30.0. The number of carbonyl (C=O) groups is 3. The molecule has 3 aromatic carbocycles. The van der Waals surface area contributed by atoms with E-state index in [0.717, 1.165) is 58.8 Å². The molecule has 16 heteroatoms. The highest BCUT2D eigenvalue weighted by Crippen LogP contribution is 2.49. The molecule has 3 N–H and O–H groups in total. The summed E-state index contributed by atoms with van der Waals surface area (Å²) in [5.41, 5.74) is 5.02. The number of fused-ring (bicyclic) bond motifs is 7. The molecule has 0 spiro atoms. The molecular weight excluding hydrogens is 833 g/mol. The van der Waals surface area contributed by atoms with Crippen LogP contribution in [0.5, 0.6) is 0 Å². The quantitative estimate of drug-likeness (QED) is 0.0735. The first-order valence-corrected chi connectivity index (χ1v) is 22.6. The summed E-state index contributed by atoms with van der Waals surface area (Å²) in [6.07, 6.45) is 18.2. The van der Waals surface area contributed by atoms with Gasteiger partial charge in [0.25, 0.3) is 1.43 Å². The number of aromatic carboxylic acids is 1. The third-order valence-corrected chi connectivity index (χ3v) is 12.8. The Morgan fingerprint density at radius 2 is 1.52 bits per heavy atom. The van der Waals surface area contributed by atoms with Crippen LogP contribution in [0.1, 0.15) is 101 Å². The van der Waals surface area contributed by atoms with Crippen LogP contribution in [0, 0.1) is 0 Å². The summed E-state index contributed by atoms with van der Waals surface area (Å²) in [6, 6.07) is 14.7. The van der Waals surface area contributed by atoms with Gasteiger partial charge in [0.2, 0.25) is 17.5 Å². The minimum absolute atomic E-state index is 0.00681. The number of nitrogens with one attached hydrogen (secondary N) is 2. The molecule has 62 heavy (non-hydrogen) atoms. The van der Waals surface area contributed by atoms with Crippen molar-refractivity contribution in [3.05, 3.63) is 120 Å². The summed E-state index contributed by atoms with van der Waals surface area (Å²) in [7, 11) is -4.68. The Kier molecular flexibility index (Phi) is 14.3. The Morgan fingerprint density at radius 3 is 2.19 bits per heavy atom. The number of hydrogen-bond donors (Lipinski definition) is 3. The highest BCUT2D eigenvalue weighted by Gasteiger charge is 2.44. The fraction of sp³-hybridized carbons (Fsp3) is 0.348. The summed E-state index contributed by atoms with van der Waals surface area (Å²) < 4.78 is 50.1. The second-order valence-electron chi connectivity index (χ2n) is 16.5. The van der Waals surface area contributed by atoms with E-state index in [1.165, 1.54) is 24.3 Å². The van der Waals surface area contributed by atoms with E-state index in [9.17, 15) is 32.6 Å². The van der Waals surface area contributed by atoms with Crippen LogP contribution in [0.2, 0.25) is 0 Å². The lowest BCUT2D eigenvalue weighted by Crippen LogP contribution is -2.28. The number of nitrogens with zero attached hydrogens (tertiary/aromatic N) is 2. The molecule has 0 fully saturated rings. The van der Waals surface area contributed by atoms with Crippen molar-refractivity contribution in [1.29, 1.82) is 1.43 Å². The fourth-order valence-electron chi connectivity index (χ4n) is 8.34. The van der Waals surface area contributed by atoms with E-state index in [1.54, 1.807) is 12.1 Å². The van der Waals surface area contributed by atoms with Gasteiger partial charge in [-0.25, -0.2) is 13.2 Å². The first-order valence-electron chi connectivity index (χ1n) is 20.9. The third kappa shape index (κ3) is 10.8. The first kappa shape index (κ1) is 44.7. The zero-order valence-corrected chi connectivity index (χ0v) is 36.7. The monoisotopic (exact) mass is 884 g/mol. The van der Waals surface area contributed by atoms with Crippen molar-refractivity contribution in [2.45, 2.75) is 99.7 Å². The number of benzene rings is 3. The fourth-order valence-corrected chi connectivity index (χ4v) is 9.23. The molecule has 6 rings (SSSR count). The number of rotatable bonds is 5. The van der Waals surface area contributed by atoms with Gasteiger partial charge in [-0.15, -0.1) is 0 Å². The summed E-state index contributed by atoms with van der Waals surface area (Å²) >= 11 is 0.835. The van der Waals surface area contributed by atoms with Gasteiger partial charge in [-0.3, -0.25) is 14.6 Å². The number of carboxylic acid groups (broad SMARTS) is 1. The van der Waals surface area contributed by atoms with Crippen molar-refractivity contribution >= 4 is 68.4 Å². The molecule has 0 aromatic heterocycles. The molecule has 0 unspecified atom stereocenters. The summed E-state index contributed by atoms with van der Waals surface area (Å²) in [5.74, 6) is -1.51. The molecule has 0 radical (unpaired) electrons. The van der Waals surface area contributed by atoms with E-state index in [2.05, 4.69) is 54.5 Å². The minimum Gasteiger partial charge on any atom is -0.744 e. The van der Waals surface area contributed by atoms with E-state index in [4.69, 9.17) is 1.43 Å². The molecule has 2 amide bonds. The average Bonchev–Trinajstić information content (AvgIpc) is 3.58. The minimum atomic E-state index is -4.68. The van der Waals surface area contributed by atoms with Crippen LogP contribution in [0.25, 0.3) is 1.43 Å². The molecule has 0 saturated carbocycles. The Bertz CT molecular complexity index is 2510. The van der Waals surface area contributed by atoms with Crippen LogP contribution >= 0.6 is 12.0 Å². The topological polar surface area (TPSA) is 200 Å². The molecule has 2 bridgehead atoms. The number of carbonyl (C=O) groups excluding carboxylic acids is 2. The second-order valence-corrected chi connectivity index (χ2v) is 18.6. The van der Waals surface area contributed by atoms with Crippen molar-refractivity contribution in [3.63, 3.8) is 0 Å². The van der Waals surface area contributed by atoms with Gasteiger partial charge in [0, 0.05) is 76.6 Å². The summed E-state index contributed by atoms with van der Waals surface area (Å²) in [4.78, 5) is 41.1. The summed E-state index contributed by atoms with van der Waals surface area (Å²) in [6.45, 7) is 9.47. The zero-order valence-electron chi connectivity index (χ0n) is 36.1. The van der Waals surface area contributed by atoms with Crippen LogP contribution in [0.15, 0.2) is 113 Å². The molecule has 3 heterocycles. The molecule has 0 aliphatic carbocycles. The number of amides is 2. The normalized spacial score (nSPS) is 20.4. The Balaban J connectivity index is 1.31. The average molecular weight is 885 g/mol. The van der Waals surface area contributed by atoms with Crippen LogP contribution in [-0.4, -0.2) is 59.2 Å². The zero-order chi connectivity index (χ0) is 45.4. The van der Waals surface area contributed by atoms with Crippen molar-refractivity contribution in [3.8, 4) is 0 Å². The lowest BCUT2D eigenvalue weighted by molar-refractivity contribution is -0.777.